The van der Waals surface area contributed by atoms with Crippen LogP contribution in [0.15, 0.2) is 79.9 Å². The lowest BCUT2D eigenvalue weighted by Gasteiger charge is -2.38. The smallest absolute Gasteiger partial charge is 0.313 e. The normalized spacial score (nSPS) is 25.6. The van der Waals surface area contributed by atoms with Gasteiger partial charge in [0.2, 0.25) is 11.8 Å². The zero-order chi connectivity index (χ0) is 35.3. The third-order valence-corrected chi connectivity index (χ3v) is 10.0. The molecular formula is C37H44ClN3O8. The van der Waals surface area contributed by atoms with Gasteiger partial charge in [-0.1, -0.05) is 66.2 Å². The second-order valence-electron chi connectivity index (χ2n) is 12.7. The lowest BCUT2D eigenvalue weighted by atomic mass is 9.70. The summed E-state index contributed by atoms with van der Waals surface area (Å²) in [6.07, 6.45) is 3.00. The van der Waals surface area contributed by atoms with E-state index >= 15 is 0 Å². The number of aliphatic hydroxyl groups is 1. The Bertz CT molecular complexity index is 1560. The summed E-state index contributed by atoms with van der Waals surface area (Å²) in [4.78, 5) is 59.1. The number of esters is 1. The van der Waals surface area contributed by atoms with Gasteiger partial charge in [0.25, 0.3) is 5.91 Å². The molecule has 2 aromatic rings. The number of carbonyl (C=O) groups is 4. The lowest BCUT2D eigenvalue weighted by Crippen LogP contribution is -2.58. The van der Waals surface area contributed by atoms with Gasteiger partial charge in [-0.15, -0.1) is 13.2 Å². The quantitative estimate of drug-likeness (QED) is 0.199. The van der Waals surface area contributed by atoms with Crippen molar-refractivity contribution in [1.29, 1.82) is 0 Å². The van der Waals surface area contributed by atoms with Crippen molar-refractivity contribution in [2.75, 3.05) is 31.8 Å². The van der Waals surface area contributed by atoms with Gasteiger partial charge in [-0.3, -0.25) is 19.2 Å². The first kappa shape index (κ1) is 36.3. The van der Waals surface area contributed by atoms with Gasteiger partial charge in [-0.05, 0) is 43.9 Å². The molecule has 2 N–H and O–H groups in total. The molecule has 5 rings (SSSR count). The number of halogens is 1. The minimum Gasteiger partial charge on any atom is -0.455 e. The van der Waals surface area contributed by atoms with Crippen molar-refractivity contribution in [3.8, 4) is 0 Å². The lowest BCUT2D eigenvalue weighted by molar-refractivity contribution is -0.163. The number of anilines is 1. The number of ether oxygens (including phenoxy) is 3. The number of allylic oxidation sites excluding steroid dienone is 1. The summed E-state index contributed by atoms with van der Waals surface area (Å²) >= 11 is 6.54. The number of likely N-dealkylation sites (tertiary alicyclic amines) is 1. The van der Waals surface area contributed by atoms with E-state index in [1.54, 1.807) is 67.6 Å². The number of hydrogen-bond acceptors (Lipinski definition) is 8. The van der Waals surface area contributed by atoms with E-state index in [2.05, 4.69) is 18.5 Å². The molecule has 0 saturated carbocycles. The number of fused-ring (bicyclic) bond motifs is 1. The zero-order valence-corrected chi connectivity index (χ0v) is 28.6. The third-order valence-electron chi connectivity index (χ3n) is 9.71. The van der Waals surface area contributed by atoms with Crippen LogP contribution in [-0.4, -0.2) is 90.4 Å². The molecule has 3 heterocycles. The monoisotopic (exact) mass is 693 g/mol. The molecule has 3 fully saturated rings. The highest BCUT2D eigenvalue weighted by Gasteiger charge is 2.75. The van der Waals surface area contributed by atoms with Crippen LogP contribution in [0.3, 0.4) is 0 Å². The number of aliphatic hydroxyl groups excluding tert-OH is 1. The molecule has 0 aliphatic carbocycles. The zero-order valence-electron chi connectivity index (χ0n) is 27.8. The second-order valence-corrected chi connectivity index (χ2v) is 13.2. The van der Waals surface area contributed by atoms with Crippen LogP contribution in [0.1, 0.15) is 44.3 Å². The highest BCUT2D eigenvalue weighted by Crippen LogP contribution is 2.59. The molecule has 1 spiro atoms. The molecule has 2 aromatic carbocycles. The third kappa shape index (κ3) is 6.90. The molecular weight excluding hydrogens is 650 g/mol. The van der Waals surface area contributed by atoms with Crippen LogP contribution in [0.5, 0.6) is 0 Å². The summed E-state index contributed by atoms with van der Waals surface area (Å²) in [6.45, 7) is 8.88. The topological polar surface area (TPSA) is 135 Å². The average molecular weight is 694 g/mol. The molecule has 262 valence electrons. The Labute approximate surface area is 291 Å². The van der Waals surface area contributed by atoms with E-state index in [0.29, 0.717) is 35.5 Å². The van der Waals surface area contributed by atoms with Crippen LogP contribution in [0, 0.1) is 11.8 Å². The number of hydrogen-bond donors (Lipinski definition) is 2. The SMILES string of the molecule is C=CCCC(=O)N[C@H](COC)[C@H](OC(=O)[C@@H]1[C@@H]2CC[C@]3(O2)[C@H](C(=O)N(CC=C)c2ccccc2Cl)N([C@H](C)CO)C(=O)[C@@H]13)c1ccccc1. The van der Waals surface area contributed by atoms with Gasteiger partial charge in [0.1, 0.15) is 17.7 Å². The van der Waals surface area contributed by atoms with Crippen molar-refractivity contribution >= 4 is 41.0 Å². The van der Waals surface area contributed by atoms with E-state index in [1.165, 1.54) is 16.9 Å². The summed E-state index contributed by atoms with van der Waals surface area (Å²) in [5, 5.41) is 13.5. The van der Waals surface area contributed by atoms with Gasteiger partial charge in [-0.25, -0.2) is 0 Å². The molecule has 0 radical (unpaired) electrons. The maximum Gasteiger partial charge on any atom is 0.313 e. The molecule has 12 heteroatoms. The summed E-state index contributed by atoms with van der Waals surface area (Å²) < 4.78 is 18.3. The van der Waals surface area contributed by atoms with Gasteiger partial charge in [-0.2, -0.15) is 0 Å². The molecule has 49 heavy (non-hydrogen) atoms. The van der Waals surface area contributed by atoms with Crippen molar-refractivity contribution in [2.45, 2.75) is 68.5 Å². The van der Waals surface area contributed by atoms with Crippen LogP contribution < -0.4 is 10.2 Å². The maximum absolute atomic E-state index is 14.7. The van der Waals surface area contributed by atoms with E-state index in [-0.39, 0.29) is 25.5 Å². The van der Waals surface area contributed by atoms with Crippen LogP contribution in [0.4, 0.5) is 5.69 Å². The van der Waals surface area contributed by atoms with E-state index in [1.807, 2.05) is 6.07 Å². The maximum atomic E-state index is 14.7. The highest BCUT2D eigenvalue weighted by atomic mass is 35.5. The Hall–Kier alpha value is -4.03. The van der Waals surface area contributed by atoms with Gasteiger partial charge in [0.05, 0.1) is 53.9 Å². The van der Waals surface area contributed by atoms with Crippen molar-refractivity contribution in [1.82, 2.24) is 10.2 Å². The van der Waals surface area contributed by atoms with E-state index < -0.39 is 72.2 Å². The molecule has 3 aliphatic heterocycles. The summed E-state index contributed by atoms with van der Waals surface area (Å²) in [6, 6.07) is 13.2. The fourth-order valence-corrected chi connectivity index (χ4v) is 7.82. The number of para-hydroxylation sites is 1. The number of amides is 3. The molecule has 11 nitrogen and oxygen atoms in total. The van der Waals surface area contributed by atoms with Gasteiger partial charge < -0.3 is 34.4 Å². The number of methoxy groups -OCH3 is 1. The summed E-state index contributed by atoms with van der Waals surface area (Å²) in [5.74, 6) is -3.94. The highest BCUT2D eigenvalue weighted by molar-refractivity contribution is 6.34. The fourth-order valence-electron chi connectivity index (χ4n) is 7.58. The van der Waals surface area contributed by atoms with Crippen molar-refractivity contribution in [3.63, 3.8) is 0 Å². The second kappa shape index (κ2) is 15.7. The van der Waals surface area contributed by atoms with Gasteiger partial charge in [0.15, 0.2) is 0 Å². The van der Waals surface area contributed by atoms with Crippen LogP contribution in [0.2, 0.25) is 5.02 Å². The predicted molar refractivity (Wildman–Crippen MR) is 184 cm³/mol. The van der Waals surface area contributed by atoms with Crippen molar-refractivity contribution < 1.29 is 38.5 Å². The molecule has 3 aliphatic rings. The van der Waals surface area contributed by atoms with Crippen molar-refractivity contribution in [2.24, 2.45) is 11.8 Å². The largest absolute Gasteiger partial charge is 0.455 e. The molecule has 2 bridgehead atoms. The minimum absolute atomic E-state index is 0.0448. The minimum atomic E-state index is -1.35. The Kier molecular flexibility index (Phi) is 11.6. The standard InChI is InChI=1S/C37H44ClN3O8/c1-5-7-17-29(43)39-26(22-47-4)32(24-13-9-8-10-14-24)48-36(46)30-28-18-19-37(49-28)31(30)34(44)41(23(3)21-42)33(37)35(45)40(20-6-2)27-16-12-11-15-25(27)38/h5-6,8-16,23,26,28,30-33,42H,1-2,7,17-22H2,3-4H3,(H,39,43)/t23-,26-,28+,30-,31-,32-,33+,37-/m1/s1. The number of nitrogens with zero attached hydrogens (tertiary/aromatic N) is 2. The first-order chi connectivity index (χ1) is 23.6. The first-order valence-corrected chi connectivity index (χ1v) is 16.9. The van der Waals surface area contributed by atoms with Crippen LogP contribution in [-0.2, 0) is 33.4 Å². The summed E-state index contributed by atoms with van der Waals surface area (Å²) in [5.41, 5.74) is -0.284. The van der Waals surface area contributed by atoms with E-state index in [0.717, 1.165) is 0 Å². The predicted octanol–water partition coefficient (Wildman–Crippen LogP) is 4.00. The number of benzene rings is 2. The van der Waals surface area contributed by atoms with E-state index in [9.17, 15) is 24.3 Å². The Morgan fingerprint density at radius 3 is 2.53 bits per heavy atom. The molecule has 0 unspecified atom stereocenters. The molecule has 3 saturated heterocycles. The van der Waals surface area contributed by atoms with E-state index in [4.69, 9.17) is 25.8 Å². The number of nitrogens with one attached hydrogen (secondary N) is 1. The number of rotatable bonds is 16. The fraction of sp³-hybridized carbons (Fsp3) is 0.459. The van der Waals surface area contributed by atoms with Gasteiger partial charge in [0, 0.05) is 20.1 Å². The number of carbonyl (C=O) groups excluding carboxylic acids is 4. The Morgan fingerprint density at radius 2 is 1.88 bits per heavy atom. The van der Waals surface area contributed by atoms with Crippen LogP contribution >= 0.6 is 11.6 Å². The Balaban J connectivity index is 1.51. The average Bonchev–Trinajstić information content (AvgIpc) is 3.76. The summed E-state index contributed by atoms with van der Waals surface area (Å²) in [7, 11) is 1.49. The molecule has 3 amide bonds. The van der Waals surface area contributed by atoms with Crippen molar-refractivity contribution in [3.05, 3.63) is 90.5 Å². The first-order valence-electron chi connectivity index (χ1n) is 16.6. The van der Waals surface area contributed by atoms with Crippen LogP contribution in [0.25, 0.3) is 0 Å². The Morgan fingerprint density at radius 1 is 1.16 bits per heavy atom. The van der Waals surface area contributed by atoms with Gasteiger partial charge >= 0.3 is 5.97 Å². The molecule has 8 atom stereocenters. The molecule has 0 aromatic heterocycles.